The van der Waals surface area contributed by atoms with Crippen molar-refractivity contribution < 1.29 is 9.90 Å². The average Bonchev–Trinajstić information content (AvgIpc) is 3.05. The van der Waals surface area contributed by atoms with Crippen LogP contribution in [0.4, 0.5) is 0 Å². The quantitative estimate of drug-likeness (QED) is 0.809. The number of hydrogen-bond donors (Lipinski definition) is 2. The van der Waals surface area contributed by atoms with Crippen LogP contribution < -0.4 is 5.32 Å². The molecule has 0 spiro atoms. The second kappa shape index (κ2) is 4.71. The van der Waals surface area contributed by atoms with E-state index in [1.807, 2.05) is 23.1 Å². The lowest BCUT2D eigenvalue weighted by molar-refractivity contribution is 0.0782. The van der Waals surface area contributed by atoms with Gasteiger partial charge in [-0.25, -0.2) is 0 Å². The third kappa shape index (κ3) is 2.02. The molecule has 2 aliphatic rings. The van der Waals surface area contributed by atoms with E-state index in [0.29, 0.717) is 6.54 Å². The summed E-state index contributed by atoms with van der Waals surface area (Å²) in [5.41, 5.74) is 3.30. The van der Waals surface area contributed by atoms with Gasteiger partial charge in [-0.15, -0.1) is 0 Å². The predicted octanol–water partition coefficient (Wildman–Crippen LogP) is 0.744. The zero-order chi connectivity index (χ0) is 12.5. The Morgan fingerprint density at radius 2 is 2.22 bits per heavy atom. The number of amides is 1. The number of rotatable bonds is 2. The standard InChI is InChI=1S/C14H18N2O2/c17-9-10-3-4-16(8-10)14(18)11-1-2-12-6-15-7-13(12)5-11/h1-2,5,10,15,17H,3-4,6-9H2. The molecule has 1 saturated heterocycles. The van der Waals surface area contributed by atoms with Crippen molar-refractivity contribution in [3.8, 4) is 0 Å². The normalized spacial score (nSPS) is 22.3. The van der Waals surface area contributed by atoms with E-state index in [1.165, 1.54) is 11.1 Å². The van der Waals surface area contributed by atoms with Crippen LogP contribution in [-0.2, 0) is 13.1 Å². The lowest BCUT2D eigenvalue weighted by atomic mass is 10.1. The molecule has 2 heterocycles. The minimum Gasteiger partial charge on any atom is -0.396 e. The van der Waals surface area contributed by atoms with Crippen LogP contribution in [0.2, 0.25) is 0 Å². The van der Waals surface area contributed by atoms with E-state index in [0.717, 1.165) is 31.6 Å². The lowest BCUT2D eigenvalue weighted by Gasteiger charge is -2.16. The highest BCUT2D eigenvalue weighted by molar-refractivity contribution is 5.94. The number of fused-ring (bicyclic) bond motifs is 1. The highest BCUT2D eigenvalue weighted by atomic mass is 16.3. The summed E-state index contributed by atoms with van der Waals surface area (Å²) in [5.74, 6) is 0.352. The van der Waals surface area contributed by atoms with Crippen LogP contribution in [-0.4, -0.2) is 35.6 Å². The largest absolute Gasteiger partial charge is 0.396 e. The van der Waals surface area contributed by atoms with Crippen molar-refractivity contribution in [1.82, 2.24) is 10.2 Å². The molecule has 2 aliphatic heterocycles. The van der Waals surface area contributed by atoms with Gasteiger partial charge >= 0.3 is 0 Å². The average molecular weight is 246 g/mol. The summed E-state index contributed by atoms with van der Waals surface area (Å²) in [4.78, 5) is 14.2. The fourth-order valence-electron chi connectivity index (χ4n) is 2.78. The third-order valence-electron chi connectivity index (χ3n) is 3.92. The molecule has 18 heavy (non-hydrogen) atoms. The smallest absolute Gasteiger partial charge is 0.253 e. The zero-order valence-electron chi connectivity index (χ0n) is 10.4. The summed E-state index contributed by atoms with van der Waals surface area (Å²) in [5, 5.41) is 12.4. The molecule has 0 saturated carbocycles. The lowest BCUT2D eigenvalue weighted by Crippen LogP contribution is -2.29. The van der Waals surface area contributed by atoms with Gasteiger partial charge in [0.05, 0.1) is 0 Å². The monoisotopic (exact) mass is 246 g/mol. The van der Waals surface area contributed by atoms with Crippen LogP contribution in [0, 0.1) is 5.92 Å². The number of benzene rings is 1. The van der Waals surface area contributed by atoms with Crippen LogP contribution >= 0.6 is 0 Å². The summed E-state index contributed by atoms with van der Waals surface area (Å²) >= 11 is 0. The van der Waals surface area contributed by atoms with Gasteiger partial charge in [-0.05, 0) is 29.7 Å². The van der Waals surface area contributed by atoms with Crippen molar-refractivity contribution in [1.29, 1.82) is 0 Å². The number of hydrogen-bond acceptors (Lipinski definition) is 3. The molecule has 1 aromatic rings. The molecule has 2 N–H and O–H groups in total. The van der Waals surface area contributed by atoms with Gasteiger partial charge in [-0.1, -0.05) is 6.07 Å². The maximum Gasteiger partial charge on any atom is 0.253 e. The van der Waals surface area contributed by atoms with Crippen molar-refractivity contribution in [3.05, 3.63) is 34.9 Å². The maximum absolute atomic E-state index is 12.3. The second-order valence-corrected chi connectivity index (χ2v) is 5.18. The Morgan fingerprint density at radius 3 is 3.00 bits per heavy atom. The second-order valence-electron chi connectivity index (χ2n) is 5.18. The molecule has 4 heteroatoms. The zero-order valence-corrected chi connectivity index (χ0v) is 10.4. The SMILES string of the molecule is O=C(c1ccc2c(c1)CNC2)N1CCC(CO)C1. The van der Waals surface area contributed by atoms with E-state index < -0.39 is 0 Å². The number of nitrogens with zero attached hydrogens (tertiary/aromatic N) is 1. The first kappa shape index (κ1) is 11.7. The van der Waals surface area contributed by atoms with Gasteiger partial charge in [0.15, 0.2) is 0 Å². The van der Waals surface area contributed by atoms with Crippen molar-refractivity contribution in [2.45, 2.75) is 19.5 Å². The molecule has 1 fully saturated rings. The first-order valence-electron chi connectivity index (χ1n) is 6.50. The van der Waals surface area contributed by atoms with Crippen LogP contribution in [0.1, 0.15) is 27.9 Å². The molecule has 3 rings (SSSR count). The van der Waals surface area contributed by atoms with Crippen LogP contribution in [0.25, 0.3) is 0 Å². The van der Waals surface area contributed by atoms with E-state index in [1.54, 1.807) is 0 Å². The van der Waals surface area contributed by atoms with Crippen molar-refractivity contribution in [3.63, 3.8) is 0 Å². The highest BCUT2D eigenvalue weighted by Gasteiger charge is 2.26. The van der Waals surface area contributed by atoms with Crippen molar-refractivity contribution in [2.75, 3.05) is 19.7 Å². The van der Waals surface area contributed by atoms with Crippen LogP contribution in [0.15, 0.2) is 18.2 Å². The van der Waals surface area contributed by atoms with Gasteiger partial charge in [-0.3, -0.25) is 4.79 Å². The number of aliphatic hydroxyl groups excluding tert-OH is 1. The Labute approximate surface area is 107 Å². The molecular weight excluding hydrogens is 228 g/mol. The molecule has 1 unspecified atom stereocenters. The van der Waals surface area contributed by atoms with E-state index in [9.17, 15) is 4.79 Å². The molecule has 0 aromatic heterocycles. The molecule has 4 nitrogen and oxygen atoms in total. The van der Waals surface area contributed by atoms with Crippen molar-refractivity contribution >= 4 is 5.91 Å². The fourth-order valence-corrected chi connectivity index (χ4v) is 2.78. The number of carbonyl (C=O) groups is 1. The molecule has 0 bridgehead atoms. The minimum atomic E-state index is 0.0978. The van der Waals surface area contributed by atoms with E-state index in [-0.39, 0.29) is 18.4 Å². The molecule has 1 aromatic carbocycles. The van der Waals surface area contributed by atoms with Crippen LogP contribution in [0.3, 0.4) is 0 Å². The topological polar surface area (TPSA) is 52.6 Å². The third-order valence-corrected chi connectivity index (χ3v) is 3.92. The fraction of sp³-hybridized carbons (Fsp3) is 0.500. The van der Waals surface area contributed by atoms with Gasteiger partial charge in [0, 0.05) is 44.3 Å². The van der Waals surface area contributed by atoms with Gasteiger partial charge in [0.25, 0.3) is 5.91 Å². The molecule has 0 aliphatic carbocycles. The van der Waals surface area contributed by atoms with Crippen LogP contribution in [0.5, 0.6) is 0 Å². The minimum absolute atomic E-state index is 0.0978. The van der Waals surface area contributed by atoms with Gasteiger partial charge < -0.3 is 15.3 Å². The molecular formula is C14H18N2O2. The molecule has 1 amide bonds. The Morgan fingerprint density at radius 1 is 1.39 bits per heavy atom. The summed E-state index contributed by atoms with van der Waals surface area (Å²) < 4.78 is 0. The summed E-state index contributed by atoms with van der Waals surface area (Å²) in [7, 11) is 0. The number of aliphatic hydroxyl groups is 1. The van der Waals surface area contributed by atoms with E-state index in [2.05, 4.69) is 5.32 Å². The summed E-state index contributed by atoms with van der Waals surface area (Å²) in [6.07, 6.45) is 0.911. The first-order chi connectivity index (χ1) is 8.78. The van der Waals surface area contributed by atoms with Gasteiger partial charge in [-0.2, -0.15) is 0 Å². The van der Waals surface area contributed by atoms with E-state index >= 15 is 0 Å². The Balaban J connectivity index is 1.77. The molecule has 96 valence electrons. The Kier molecular flexibility index (Phi) is 3.06. The molecule has 1 atom stereocenters. The maximum atomic E-state index is 12.3. The predicted molar refractivity (Wildman–Crippen MR) is 68.1 cm³/mol. The molecule has 0 radical (unpaired) electrons. The van der Waals surface area contributed by atoms with Gasteiger partial charge in [0.1, 0.15) is 0 Å². The van der Waals surface area contributed by atoms with Crippen molar-refractivity contribution in [2.24, 2.45) is 5.92 Å². The number of likely N-dealkylation sites (tertiary alicyclic amines) is 1. The summed E-state index contributed by atoms with van der Waals surface area (Å²) in [6.45, 7) is 3.39. The highest BCUT2D eigenvalue weighted by Crippen LogP contribution is 2.21. The first-order valence-corrected chi connectivity index (χ1v) is 6.50. The Hall–Kier alpha value is -1.39. The van der Waals surface area contributed by atoms with E-state index in [4.69, 9.17) is 5.11 Å². The number of carbonyl (C=O) groups excluding carboxylic acids is 1. The summed E-state index contributed by atoms with van der Waals surface area (Å²) in [6, 6.07) is 5.96. The Bertz CT molecular complexity index is 473. The van der Waals surface area contributed by atoms with Gasteiger partial charge in [0.2, 0.25) is 0 Å². The number of nitrogens with one attached hydrogen (secondary N) is 1.